The van der Waals surface area contributed by atoms with Crippen LogP contribution in [0.3, 0.4) is 0 Å². The molecule has 5 nitrogen and oxygen atoms in total. The first-order valence-electron chi connectivity index (χ1n) is 7.80. The summed E-state index contributed by atoms with van der Waals surface area (Å²) >= 11 is 0. The zero-order valence-electron chi connectivity index (χ0n) is 14.1. The first kappa shape index (κ1) is 18.4. The van der Waals surface area contributed by atoms with E-state index in [0.717, 1.165) is 0 Å². The molecule has 0 spiro atoms. The van der Waals surface area contributed by atoms with Crippen LogP contribution in [0.5, 0.6) is 5.75 Å². The number of methoxy groups -OCH3 is 1. The van der Waals surface area contributed by atoms with E-state index in [2.05, 4.69) is 5.16 Å². The molecule has 0 radical (unpaired) electrons. The van der Waals surface area contributed by atoms with E-state index in [-0.39, 0.29) is 36.5 Å². The summed E-state index contributed by atoms with van der Waals surface area (Å²) in [5.74, 6) is -0.832. The predicted molar refractivity (Wildman–Crippen MR) is 91.6 cm³/mol. The Labute approximate surface area is 145 Å². The maximum absolute atomic E-state index is 13.2. The second kappa shape index (κ2) is 8.82. The summed E-state index contributed by atoms with van der Waals surface area (Å²) < 4.78 is 17.9. The Hall–Kier alpha value is -2.89. The minimum absolute atomic E-state index is 0.101. The molecule has 0 saturated carbocycles. The van der Waals surface area contributed by atoms with E-state index in [1.54, 1.807) is 24.3 Å². The third-order valence-electron chi connectivity index (χ3n) is 3.61. The second-order valence-electron chi connectivity index (χ2n) is 5.61. The molecule has 1 atom stereocenters. The predicted octanol–water partition coefficient (Wildman–Crippen LogP) is 3.65. The number of phenolic OH excluding ortho intramolecular Hbond substituents is 1. The highest BCUT2D eigenvalue weighted by molar-refractivity contribution is 6.03. The number of ether oxygens (including phenoxy) is 1. The van der Waals surface area contributed by atoms with Crippen molar-refractivity contribution in [3.8, 4) is 5.75 Å². The molecule has 0 bridgehead atoms. The molecule has 0 saturated heterocycles. The Bertz CT molecular complexity index is 743. The van der Waals surface area contributed by atoms with Crippen molar-refractivity contribution in [1.29, 1.82) is 0 Å². The normalized spacial score (nSPS) is 12.5. The number of halogens is 1. The maximum Gasteiger partial charge on any atom is 0.306 e. The lowest BCUT2D eigenvalue weighted by Crippen LogP contribution is -2.18. The quantitative estimate of drug-likeness (QED) is 0.472. The highest BCUT2D eigenvalue weighted by atomic mass is 19.1. The van der Waals surface area contributed by atoms with E-state index >= 15 is 0 Å². The van der Waals surface area contributed by atoms with Crippen molar-refractivity contribution in [1.82, 2.24) is 0 Å². The van der Waals surface area contributed by atoms with Crippen molar-refractivity contribution >= 4 is 11.7 Å². The van der Waals surface area contributed by atoms with Gasteiger partial charge in [-0.2, -0.15) is 0 Å². The standard InChI is InChI=1S/C19H20FNO4/c1-13(10-18(23)24-2)19(15-6-8-17(22)9-7-15)21-25-12-14-4-3-5-16(20)11-14/h3-9,11,13,22H,10,12H2,1-2H3. The van der Waals surface area contributed by atoms with Crippen LogP contribution in [0.25, 0.3) is 0 Å². The van der Waals surface area contributed by atoms with Crippen LogP contribution in [-0.4, -0.2) is 23.9 Å². The number of hydrogen-bond acceptors (Lipinski definition) is 5. The smallest absolute Gasteiger partial charge is 0.306 e. The lowest BCUT2D eigenvalue weighted by atomic mass is 9.95. The third kappa shape index (κ3) is 5.60. The van der Waals surface area contributed by atoms with Crippen molar-refractivity contribution < 1.29 is 23.9 Å². The molecule has 6 heteroatoms. The van der Waals surface area contributed by atoms with Gasteiger partial charge in [0.25, 0.3) is 0 Å². The molecule has 0 aliphatic rings. The fourth-order valence-corrected chi connectivity index (χ4v) is 2.29. The van der Waals surface area contributed by atoms with Gasteiger partial charge < -0.3 is 14.7 Å². The Kier molecular flexibility index (Phi) is 6.51. The Morgan fingerprint density at radius 2 is 1.96 bits per heavy atom. The molecular weight excluding hydrogens is 325 g/mol. The highest BCUT2D eigenvalue weighted by Crippen LogP contribution is 2.18. The molecule has 0 aromatic heterocycles. The molecule has 2 aromatic rings. The van der Waals surface area contributed by atoms with Gasteiger partial charge in [-0.05, 0) is 47.5 Å². The first-order valence-corrected chi connectivity index (χ1v) is 7.80. The SMILES string of the molecule is COC(=O)CC(C)C(=NOCc1cccc(F)c1)c1ccc(O)cc1. The van der Waals surface area contributed by atoms with E-state index in [4.69, 9.17) is 9.57 Å². The lowest BCUT2D eigenvalue weighted by molar-refractivity contribution is -0.141. The van der Waals surface area contributed by atoms with Crippen molar-refractivity contribution in [3.05, 3.63) is 65.5 Å². The number of oxime groups is 1. The van der Waals surface area contributed by atoms with Crippen molar-refractivity contribution in [2.24, 2.45) is 11.1 Å². The van der Waals surface area contributed by atoms with E-state index in [1.165, 1.54) is 31.4 Å². The number of carbonyl (C=O) groups excluding carboxylic acids is 1. The first-order chi connectivity index (χ1) is 12.0. The highest BCUT2D eigenvalue weighted by Gasteiger charge is 2.18. The fourth-order valence-electron chi connectivity index (χ4n) is 2.29. The fraction of sp³-hybridized carbons (Fsp3) is 0.263. The number of nitrogens with zero attached hydrogens (tertiary/aromatic N) is 1. The summed E-state index contributed by atoms with van der Waals surface area (Å²) in [6.45, 7) is 1.93. The molecule has 0 aliphatic heterocycles. The van der Waals surface area contributed by atoms with Gasteiger partial charge in [-0.15, -0.1) is 0 Å². The average Bonchev–Trinajstić information content (AvgIpc) is 2.59. The molecule has 1 N–H and O–H groups in total. The molecule has 0 fully saturated rings. The zero-order valence-corrected chi connectivity index (χ0v) is 14.1. The third-order valence-corrected chi connectivity index (χ3v) is 3.61. The topological polar surface area (TPSA) is 68.1 Å². The van der Waals surface area contributed by atoms with Crippen LogP contribution >= 0.6 is 0 Å². The Morgan fingerprint density at radius 1 is 1.24 bits per heavy atom. The van der Waals surface area contributed by atoms with Gasteiger partial charge in [0.15, 0.2) is 0 Å². The zero-order chi connectivity index (χ0) is 18.2. The minimum atomic E-state index is -0.357. The molecule has 2 rings (SSSR count). The van der Waals surface area contributed by atoms with Crippen LogP contribution in [0.4, 0.5) is 4.39 Å². The molecule has 0 heterocycles. The van der Waals surface area contributed by atoms with Gasteiger partial charge in [-0.3, -0.25) is 4.79 Å². The number of phenols is 1. The summed E-state index contributed by atoms with van der Waals surface area (Å²) in [5, 5.41) is 13.6. The summed E-state index contributed by atoms with van der Waals surface area (Å²) in [4.78, 5) is 16.9. The van der Waals surface area contributed by atoms with Gasteiger partial charge in [0, 0.05) is 5.92 Å². The van der Waals surface area contributed by atoms with Crippen LogP contribution < -0.4 is 0 Å². The number of rotatable bonds is 7. The van der Waals surface area contributed by atoms with Crippen LogP contribution in [0, 0.1) is 11.7 Å². The van der Waals surface area contributed by atoms with Crippen molar-refractivity contribution in [2.75, 3.05) is 7.11 Å². The lowest BCUT2D eigenvalue weighted by Gasteiger charge is -2.14. The van der Waals surface area contributed by atoms with Crippen molar-refractivity contribution in [2.45, 2.75) is 20.0 Å². The maximum atomic E-state index is 13.2. The average molecular weight is 345 g/mol. The Balaban J connectivity index is 2.17. The van der Waals surface area contributed by atoms with Crippen LogP contribution in [0.15, 0.2) is 53.7 Å². The van der Waals surface area contributed by atoms with Crippen LogP contribution in [0.2, 0.25) is 0 Å². The number of carbonyl (C=O) groups is 1. The van der Waals surface area contributed by atoms with Gasteiger partial charge in [0.2, 0.25) is 0 Å². The van der Waals surface area contributed by atoms with E-state index < -0.39 is 0 Å². The van der Waals surface area contributed by atoms with Crippen LogP contribution in [-0.2, 0) is 21.0 Å². The van der Waals surface area contributed by atoms with Gasteiger partial charge in [-0.25, -0.2) is 4.39 Å². The largest absolute Gasteiger partial charge is 0.508 e. The van der Waals surface area contributed by atoms with Crippen LogP contribution in [0.1, 0.15) is 24.5 Å². The summed E-state index contributed by atoms with van der Waals surface area (Å²) in [5.41, 5.74) is 1.91. The second-order valence-corrected chi connectivity index (χ2v) is 5.61. The minimum Gasteiger partial charge on any atom is -0.508 e. The summed E-state index contributed by atoms with van der Waals surface area (Å²) in [6, 6.07) is 12.5. The molecule has 2 aromatic carbocycles. The number of aromatic hydroxyl groups is 1. The summed E-state index contributed by atoms with van der Waals surface area (Å²) in [6.07, 6.45) is 0.138. The van der Waals surface area contributed by atoms with E-state index in [1.807, 2.05) is 6.92 Å². The summed E-state index contributed by atoms with van der Waals surface area (Å²) in [7, 11) is 1.33. The molecule has 132 valence electrons. The van der Waals surface area contributed by atoms with Gasteiger partial charge >= 0.3 is 5.97 Å². The number of benzene rings is 2. The van der Waals surface area contributed by atoms with Crippen molar-refractivity contribution in [3.63, 3.8) is 0 Å². The molecule has 0 amide bonds. The van der Waals surface area contributed by atoms with Gasteiger partial charge in [0.05, 0.1) is 19.2 Å². The van der Waals surface area contributed by atoms with E-state index in [9.17, 15) is 14.3 Å². The number of hydrogen-bond donors (Lipinski definition) is 1. The monoisotopic (exact) mass is 345 g/mol. The Morgan fingerprint density at radius 3 is 2.60 bits per heavy atom. The molecule has 0 aliphatic carbocycles. The molecular formula is C19H20FNO4. The number of esters is 1. The van der Waals surface area contributed by atoms with Gasteiger partial charge in [0.1, 0.15) is 18.2 Å². The van der Waals surface area contributed by atoms with Gasteiger partial charge in [-0.1, -0.05) is 24.2 Å². The molecule has 25 heavy (non-hydrogen) atoms. The molecule has 1 unspecified atom stereocenters. The van der Waals surface area contributed by atoms with E-state index in [0.29, 0.717) is 16.8 Å².